The number of hydrogen-bond acceptors (Lipinski definition) is 5. The van der Waals surface area contributed by atoms with Crippen molar-refractivity contribution >= 4 is 34.4 Å². The van der Waals surface area contributed by atoms with Crippen LogP contribution in [0, 0.1) is 0 Å². The van der Waals surface area contributed by atoms with E-state index >= 15 is 0 Å². The molecule has 28 heavy (non-hydrogen) atoms. The van der Waals surface area contributed by atoms with Crippen molar-refractivity contribution in [2.75, 3.05) is 6.61 Å². The molecule has 140 valence electrons. The zero-order valence-corrected chi connectivity index (χ0v) is 15.6. The van der Waals surface area contributed by atoms with Gasteiger partial charge in [-0.25, -0.2) is 4.79 Å². The molecule has 0 bridgehead atoms. The summed E-state index contributed by atoms with van der Waals surface area (Å²) in [5, 5.41) is 5.67. The minimum atomic E-state index is -0.725. The van der Waals surface area contributed by atoms with Crippen LogP contribution in [0.25, 0.3) is 27.3 Å². The Morgan fingerprint density at radius 1 is 1.29 bits per heavy atom. The second-order valence-electron chi connectivity index (χ2n) is 5.58. The molecule has 0 aliphatic carbocycles. The van der Waals surface area contributed by atoms with Crippen molar-refractivity contribution in [3.05, 3.63) is 81.6 Å². The summed E-state index contributed by atoms with van der Waals surface area (Å²) < 4.78 is 11.0. The monoisotopic (exact) mass is 394 g/mol. The highest BCUT2D eigenvalue weighted by atomic mass is 35.5. The van der Waals surface area contributed by atoms with E-state index in [0.29, 0.717) is 22.1 Å². The van der Waals surface area contributed by atoms with Gasteiger partial charge in [-0.05, 0) is 42.8 Å². The zero-order valence-electron chi connectivity index (χ0n) is 14.9. The minimum Gasteiger partial charge on any atom is -0.462 e. The maximum Gasteiger partial charge on any atom is 0.340 e. The number of nitrogens with zero attached hydrogens (tertiary/aromatic N) is 4. The van der Waals surface area contributed by atoms with Crippen LogP contribution in [-0.2, 0) is 9.53 Å². The van der Waals surface area contributed by atoms with Gasteiger partial charge in [0.15, 0.2) is 0 Å². The van der Waals surface area contributed by atoms with Crippen molar-refractivity contribution in [3.63, 3.8) is 0 Å². The molecule has 0 saturated heterocycles. The molecule has 0 saturated carbocycles. The number of fused-ring (bicyclic) bond motifs is 1. The SMILES string of the molecule is CCOC(=O)C(=Cc1ccc(Cl)cc1Oc1cccc2cnccc12)N=[N+]=[N-]. The topological polar surface area (TPSA) is 97.2 Å². The normalized spacial score (nSPS) is 11.0. The molecule has 0 atom stereocenters. The average molecular weight is 395 g/mol. The van der Waals surface area contributed by atoms with E-state index in [1.54, 1.807) is 37.5 Å². The summed E-state index contributed by atoms with van der Waals surface area (Å²) in [5.74, 6) is 0.266. The van der Waals surface area contributed by atoms with Crippen LogP contribution in [0.4, 0.5) is 0 Å². The Balaban J connectivity index is 2.07. The van der Waals surface area contributed by atoms with Crippen molar-refractivity contribution in [3.8, 4) is 11.5 Å². The first kappa shape index (κ1) is 19.2. The highest BCUT2D eigenvalue weighted by molar-refractivity contribution is 6.30. The number of pyridine rings is 1. The minimum absolute atomic E-state index is 0.158. The average Bonchev–Trinajstić information content (AvgIpc) is 2.70. The molecule has 0 fully saturated rings. The van der Waals surface area contributed by atoms with E-state index in [4.69, 9.17) is 26.6 Å². The van der Waals surface area contributed by atoms with Gasteiger partial charge in [-0.15, -0.1) is 0 Å². The fourth-order valence-corrected chi connectivity index (χ4v) is 2.71. The van der Waals surface area contributed by atoms with Crippen molar-refractivity contribution in [1.82, 2.24) is 4.98 Å². The molecule has 7 nitrogen and oxygen atoms in total. The van der Waals surface area contributed by atoms with E-state index in [0.717, 1.165) is 10.8 Å². The number of aromatic nitrogens is 1. The van der Waals surface area contributed by atoms with Crippen LogP contribution >= 0.6 is 11.6 Å². The van der Waals surface area contributed by atoms with Gasteiger partial charge in [-0.1, -0.05) is 28.8 Å². The van der Waals surface area contributed by atoms with Crippen molar-refractivity contribution in [1.29, 1.82) is 0 Å². The summed E-state index contributed by atoms with van der Waals surface area (Å²) in [6.45, 7) is 1.82. The van der Waals surface area contributed by atoms with Gasteiger partial charge in [-0.2, -0.15) is 0 Å². The quantitative estimate of drug-likeness (QED) is 0.171. The maximum absolute atomic E-state index is 12.0. The van der Waals surface area contributed by atoms with Gasteiger partial charge in [0.2, 0.25) is 0 Å². The van der Waals surface area contributed by atoms with Gasteiger partial charge < -0.3 is 9.47 Å². The molecule has 1 heterocycles. The van der Waals surface area contributed by atoms with Crippen LogP contribution in [0.5, 0.6) is 11.5 Å². The van der Waals surface area contributed by atoms with E-state index in [2.05, 4.69) is 15.0 Å². The molecule has 0 aliphatic rings. The number of azide groups is 1. The molecule has 0 N–H and O–H groups in total. The van der Waals surface area contributed by atoms with E-state index in [1.165, 1.54) is 6.08 Å². The molecule has 0 amide bonds. The third kappa shape index (κ3) is 4.40. The Bertz CT molecular complexity index is 1100. The van der Waals surface area contributed by atoms with E-state index in [9.17, 15) is 4.79 Å². The number of hydrogen-bond donors (Lipinski definition) is 0. The summed E-state index contributed by atoms with van der Waals surface area (Å²) in [7, 11) is 0. The third-order valence-electron chi connectivity index (χ3n) is 3.77. The Morgan fingerprint density at radius 2 is 2.14 bits per heavy atom. The number of halogens is 1. The number of benzene rings is 2. The standard InChI is InChI=1S/C20H15ClN4O3/c1-2-27-20(26)17(24-25-22)10-13-6-7-15(21)11-19(13)28-18-5-3-4-14-12-23-9-8-16(14)18/h3-12H,2H2,1H3. The predicted octanol–water partition coefficient (Wildman–Crippen LogP) is 5.89. The van der Waals surface area contributed by atoms with E-state index in [-0.39, 0.29) is 12.3 Å². The van der Waals surface area contributed by atoms with Crippen LogP contribution in [0.2, 0.25) is 5.02 Å². The molecule has 2 aromatic carbocycles. The summed E-state index contributed by atoms with van der Waals surface area (Å²) in [6.07, 6.45) is 4.81. The summed E-state index contributed by atoms with van der Waals surface area (Å²) in [5.41, 5.74) is 9.07. The molecule has 0 unspecified atom stereocenters. The lowest BCUT2D eigenvalue weighted by molar-refractivity contribution is -0.138. The third-order valence-corrected chi connectivity index (χ3v) is 4.00. The Kier molecular flexibility index (Phi) is 6.11. The molecule has 0 spiro atoms. The summed E-state index contributed by atoms with van der Waals surface area (Å²) in [4.78, 5) is 18.8. The molecular weight excluding hydrogens is 380 g/mol. The first-order valence-electron chi connectivity index (χ1n) is 8.36. The van der Waals surface area contributed by atoms with Crippen molar-refractivity contribution in [2.45, 2.75) is 6.92 Å². The highest BCUT2D eigenvalue weighted by Crippen LogP contribution is 2.34. The van der Waals surface area contributed by atoms with E-state index < -0.39 is 5.97 Å². The second kappa shape index (κ2) is 8.90. The lowest BCUT2D eigenvalue weighted by Crippen LogP contribution is -2.05. The van der Waals surface area contributed by atoms with Crippen LogP contribution in [0.15, 0.2) is 65.7 Å². The Hall–Kier alpha value is -3.54. The van der Waals surface area contributed by atoms with Crippen LogP contribution in [-0.4, -0.2) is 17.6 Å². The molecule has 3 aromatic rings. The first-order chi connectivity index (χ1) is 13.6. The van der Waals surface area contributed by atoms with Gasteiger partial charge in [0, 0.05) is 44.7 Å². The smallest absolute Gasteiger partial charge is 0.340 e. The molecule has 3 rings (SSSR count). The number of carbonyl (C=O) groups excluding carboxylic acids is 1. The number of rotatable bonds is 6. The van der Waals surface area contributed by atoms with Crippen LogP contribution < -0.4 is 4.74 Å². The fraction of sp³-hybridized carbons (Fsp3) is 0.100. The van der Waals surface area contributed by atoms with Gasteiger partial charge in [0.1, 0.15) is 17.2 Å². The molecule has 8 heteroatoms. The molecule has 0 aliphatic heterocycles. The van der Waals surface area contributed by atoms with Crippen LogP contribution in [0.1, 0.15) is 12.5 Å². The molecule has 1 aromatic heterocycles. The zero-order chi connectivity index (χ0) is 19.9. The Labute approximate surface area is 165 Å². The number of ether oxygens (including phenoxy) is 2. The number of esters is 1. The summed E-state index contributed by atoms with van der Waals surface area (Å²) >= 11 is 6.13. The van der Waals surface area contributed by atoms with Gasteiger partial charge >= 0.3 is 5.97 Å². The maximum atomic E-state index is 12.0. The predicted molar refractivity (Wildman–Crippen MR) is 107 cm³/mol. The molecule has 0 radical (unpaired) electrons. The van der Waals surface area contributed by atoms with Crippen molar-refractivity contribution in [2.24, 2.45) is 5.11 Å². The largest absolute Gasteiger partial charge is 0.462 e. The lowest BCUT2D eigenvalue weighted by atomic mass is 10.1. The highest BCUT2D eigenvalue weighted by Gasteiger charge is 2.13. The van der Waals surface area contributed by atoms with Gasteiger partial charge in [0.25, 0.3) is 0 Å². The summed E-state index contributed by atoms with van der Waals surface area (Å²) in [6, 6.07) is 12.4. The first-order valence-corrected chi connectivity index (χ1v) is 8.74. The lowest BCUT2D eigenvalue weighted by Gasteiger charge is -2.12. The number of carbonyl (C=O) groups is 1. The van der Waals surface area contributed by atoms with Gasteiger partial charge in [0.05, 0.1) is 6.61 Å². The van der Waals surface area contributed by atoms with E-state index in [1.807, 2.05) is 24.3 Å². The second-order valence-corrected chi connectivity index (χ2v) is 6.01. The van der Waals surface area contributed by atoms with Gasteiger partial charge in [-0.3, -0.25) is 4.98 Å². The fourth-order valence-electron chi connectivity index (χ4n) is 2.55. The molecular formula is C20H15ClN4O3. The van der Waals surface area contributed by atoms with Crippen LogP contribution in [0.3, 0.4) is 0 Å². The van der Waals surface area contributed by atoms with Crippen molar-refractivity contribution < 1.29 is 14.3 Å². The Morgan fingerprint density at radius 3 is 2.93 bits per heavy atom.